The van der Waals surface area contributed by atoms with E-state index in [-0.39, 0.29) is 23.7 Å². The molecule has 10 atom stereocenters. The van der Waals surface area contributed by atoms with Gasteiger partial charge in [0.2, 0.25) is 5.91 Å². The van der Waals surface area contributed by atoms with Crippen LogP contribution in [0.2, 0.25) is 5.02 Å². The first-order valence-electron chi connectivity index (χ1n) is 42.9. The molecule has 16 heterocycles. The smallest absolute Gasteiger partial charge is 0.231 e. The number of carbonyl (C=O) groups excluding carboxylic acids is 1. The van der Waals surface area contributed by atoms with E-state index in [0.717, 1.165) is 103 Å². The molecule has 0 spiro atoms. The summed E-state index contributed by atoms with van der Waals surface area (Å²) in [6, 6.07) is 47.9. The first-order valence-corrected chi connectivity index (χ1v) is 43.3. The Morgan fingerprint density at radius 2 is 0.949 bits per heavy atom. The number of rotatable bonds is 15. The number of likely N-dealkylation sites (tertiary alicyclic amines) is 1. The highest BCUT2D eigenvalue weighted by Gasteiger charge is 2.45. The van der Waals surface area contributed by atoms with E-state index in [1.54, 1.807) is 29.6 Å². The number of benzene rings is 5. The molecule has 21 rings (SSSR count). The second-order valence-electron chi connectivity index (χ2n) is 35.0. The number of aromatic nitrogens is 7. The third kappa shape index (κ3) is 14.9. The van der Waals surface area contributed by atoms with Crippen LogP contribution in [0.3, 0.4) is 0 Å². The largest absolute Gasteiger partial charge is 0.344 e. The minimum Gasteiger partial charge on any atom is -0.344 e. The van der Waals surface area contributed by atoms with Gasteiger partial charge in [0.1, 0.15) is 5.82 Å². The quantitative estimate of drug-likeness (QED) is 0.0550. The number of hydrogen-bond donors (Lipinski definition) is 0. The van der Waals surface area contributed by atoms with Gasteiger partial charge in [-0.3, -0.25) is 39.3 Å². The van der Waals surface area contributed by atoms with E-state index in [9.17, 15) is 14.7 Å². The van der Waals surface area contributed by atoms with Gasteiger partial charge in [0.05, 0.1) is 18.0 Å². The highest BCUT2D eigenvalue weighted by Crippen LogP contribution is 2.51. The maximum Gasteiger partial charge on any atom is 0.231 e. The fourth-order valence-electron chi connectivity index (χ4n) is 22.0. The van der Waals surface area contributed by atoms with Gasteiger partial charge in [0.25, 0.3) is 0 Å². The maximum atomic E-state index is 13.7. The Hall–Kier alpha value is -10.1. The van der Waals surface area contributed by atoms with Crippen molar-refractivity contribution in [3.63, 3.8) is 0 Å². The van der Waals surface area contributed by atoms with Gasteiger partial charge in [-0.1, -0.05) is 94.0 Å². The summed E-state index contributed by atoms with van der Waals surface area (Å²) in [6.45, 7) is 22.4. The molecule has 117 heavy (non-hydrogen) atoms. The third-order valence-corrected chi connectivity index (χ3v) is 28.2. The van der Waals surface area contributed by atoms with Crippen LogP contribution in [-0.4, -0.2) is 129 Å². The summed E-state index contributed by atoms with van der Waals surface area (Å²) in [6.07, 6.45) is 24.1. The van der Waals surface area contributed by atoms with Crippen molar-refractivity contribution in [1.29, 1.82) is 0 Å². The van der Waals surface area contributed by atoms with Crippen molar-refractivity contribution < 1.29 is 9.18 Å². The van der Waals surface area contributed by atoms with Crippen molar-refractivity contribution in [2.75, 3.05) is 53.4 Å². The molecular weight excluding hydrogens is 1480 g/mol. The number of likely N-dealkylation sites (N-methyl/N-ethyl adjacent to an activating group) is 2. The van der Waals surface area contributed by atoms with Crippen molar-refractivity contribution in [3.8, 4) is 0 Å². The second kappa shape index (κ2) is 33.0. The monoisotopic (exact) mass is 1580 g/mol. The van der Waals surface area contributed by atoms with Gasteiger partial charge in [-0.2, -0.15) is 0 Å². The SMILES string of the molecule is CN1C2CCC1c1c(n(CC(N=[N+]=[N-])c3ccc(F)cc3)c3ccc(Cl)cc13)C2.Cc1ccc2c(c1)c1c(n2CC(C(=O)N2CCCC2)c2cccnc2)CC2CCC1N2C.Cc1ccc2c(c1)c1c(n2CC(C)c2ccc(C)nc2)CCN2CCCC12.Cc1ccc2c(c1)c1c(n2CC(N=[N+]=[N-])c2ccc(C)nc2)CCN2CCCC12. The highest BCUT2D eigenvalue weighted by atomic mass is 35.5. The number of halogens is 2. The summed E-state index contributed by atoms with van der Waals surface area (Å²) in [5.41, 5.74) is 45.4. The molecule has 7 aromatic heterocycles. The molecule has 9 aliphatic rings. The molecule has 12 aromatic rings. The van der Waals surface area contributed by atoms with E-state index in [1.807, 2.05) is 43.6 Å². The molecule has 10 unspecified atom stereocenters. The van der Waals surface area contributed by atoms with Gasteiger partial charge < -0.3 is 23.2 Å². The van der Waals surface area contributed by atoms with Gasteiger partial charge >= 0.3 is 0 Å². The van der Waals surface area contributed by atoms with Crippen LogP contribution >= 0.6 is 11.6 Å². The molecule has 9 aliphatic heterocycles. The summed E-state index contributed by atoms with van der Waals surface area (Å²) in [7, 11) is 4.50. The van der Waals surface area contributed by atoms with Gasteiger partial charge in [-0.25, -0.2) is 4.39 Å². The van der Waals surface area contributed by atoms with Crippen LogP contribution in [0.5, 0.6) is 0 Å². The molecule has 0 N–H and O–H groups in total. The molecule has 0 radical (unpaired) electrons. The summed E-state index contributed by atoms with van der Waals surface area (Å²) in [5.74, 6) is 0.224. The highest BCUT2D eigenvalue weighted by molar-refractivity contribution is 6.31. The average Bonchev–Trinajstić information content (AvgIpc) is 1.62. The minimum absolute atomic E-state index is 0.194. The Morgan fingerprint density at radius 1 is 0.487 bits per heavy atom. The zero-order valence-corrected chi connectivity index (χ0v) is 69.7. The zero-order chi connectivity index (χ0) is 80.4. The summed E-state index contributed by atoms with van der Waals surface area (Å²) < 4.78 is 23.2. The number of aryl methyl sites for hydroxylation is 5. The van der Waals surface area contributed by atoms with E-state index < -0.39 is 6.04 Å². The minimum atomic E-state index is -0.409. The lowest BCUT2D eigenvalue weighted by Gasteiger charge is -2.33. The molecular formula is C96H108ClFN18O. The van der Waals surface area contributed by atoms with E-state index >= 15 is 0 Å². The number of carbonyl (C=O) groups is 1. The predicted octanol–water partition coefficient (Wildman–Crippen LogP) is 21.2. The molecule has 5 fully saturated rings. The van der Waals surface area contributed by atoms with E-state index in [2.05, 4.69) is 218 Å². The number of azide groups is 2. The lowest BCUT2D eigenvalue weighted by Crippen LogP contribution is -2.37. The van der Waals surface area contributed by atoms with E-state index in [4.69, 9.17) is 17.1 Å². The van der Waals surface area contributed by atoms with Crippen LogP contribution in [-0.2, 0) is 56.7 Å². The lowest BCUT2D eigenvalue weighted by molar-refractivity contribution is -0.132. The van der Waals surface area contributed by atoms with Crippen LogP contribution in [0, 0.1) is 40.4 Å². The normalized spacial score (nSPS) is 21.5. The van der Waals surface area contributed by atoms with E-state index in [0.29, 0.717) is 61.8 Å². The second-order valence-corrected chi connectivity index (χ2v) is 35.4. The standard InChI is InChI=1S/C27H32N4O.C24H29N3.C23H26N6.C22H21ClFN5/c1-18-7-9-23-21(14-18)26-24-10-8-20(29(24)2)15-25(26)31(23)17-22(19-6-5-11-28-16-19)27(32)30-12-3-4-13-30;1-16-6-9-21-20(13-16)24-22-5-4-11-26(22)12-10-23(24)27(21)15-17(2)19-8-7-18(3)25-14-19;1-15-5-8-20-18(12-15)23-21-4-3-10-28(21)11-9-22(23)29(20)14-19(26-27-24)17-7-6-16(2)25-13-17;1-28-16-7-9-20(28)22-17-10-14(23)4-8-19(17)29(21(22)11-16)12-18(26-27-25)13-2-5-15(24)6-3-13/h5-7,9,11,14,16,20,22,24H,3-4,8,10,12-13,15,17H2,1-2H3;6-9,13-14,17,22H,4-5,10-12,15H2,1-3H3;5-8,12-13,19,21H,3-4,9-11,14H2,1-2H3;2-6,8,10,16,18,20H,7,9,11-12H2,1H3. The summed E-state index contributed by atoms with van der Waals surface area (Å²) in [4.78, 5) is 45.7. The lowest BCUT2D eigenvalue weighted by atomic mass is 9.95. The number of nitrogens with zero attached hydrogens (tertiary/aromatic N) is 18. The molecule has 21 heteroatoms. The van der Waals surface area contributed by atoms with Crippen molar-refractivity contribution >= 4 is 61.1 Å². The fourth-order valence-corrected chi connectivity index (χ4v) is 22.2. The Morgan fingerprint density at radius 3 is 1.44 bits per heavy atom. The van der Waals surface area contributed by atoms with Crippen molar-refractivity contribution in [2.45, 2.75) is 218 Å². The van der Waals surface area contributed by atoms with Crippen LogP contribution in [0.1, 0.15) is 215 Å². The topological polar surface area (TPSA) is 189 Å². The van der Waals surface area contributed by atoms with Gasteiger partial charge in [-0.05, 0) is 267 Å². The first kappa shape index (κ1) is 78.1. The zero-order valence-electron chi connectivity index (χ0n) is 69.0. The Labute approximate surface area is 690 Å². The van der Waals surface area contributed by atoms with Gasteiger partial charge in [-0.15, -0.1) is 0 Å². The molecule has 5 aromatic carbocycles. The maximum absolute atomic E-state index is 13.7. The van der Waals surface area contributed by atoms with Gasteiger partial charge in [0, 0.05) is 238 Å². The van der Waals surface area contributed by atoms with Crippen molar-refractivity contribution in [3.05, 3.63) is 285 Å². The number of pyridine rings is 3. The number of hydrogen-bond acceptors (Lipinski definition) is 10. The third-order valence-electron chi connectivity index (χ3n) is 28.0. The van der Waals surface area contributed by atoms with E-state index in [1.165, 1.54) is 177 Å². The number of fused-ring (bicyclic) bond motifs is 22. The fraction of sp³-hybridized carbons (Fsp3) is 0.438. The Balaban J connectivity index is 0.000000108. The van der Waals surface area contributed by atoms with Crippen molar-refractivity contribution in [1.82, 2.24) is 57.7 Å². The van der Waals surface area contributed by atoms with Crippen LogP contribution in [0.4, 0.5) is 4.39 Å². The van der Waals surface area contributed by atoms with Crippen LogP contribution in [0.15, 0.2) is 168 Å². The van der Waals surface area contributed by atoms with Crippen LogP contribution in [0.25, 0.3) is 64.5 Å². The van der Waals surface area contributed by atoms with Gasteiger partial charge in [0.15, 0.2) is 0 Å². The van der Waals surface area contributed by atoms with Crippen molar-refractivity contribution in [2.24, 2.45) is 10.2 Å². The molecule has 5 saturated heterocycles. The molecule has 1 amide bonds. The Bertz CT molecular complexity index is 5760. The number of amides is 1. The molecule has 4 bridgehead atoms. The van der Waals surface area contributed by atoms with Crippen LogP contribution < -0.4 is 0 Å². The Kier molecular flexibility index (Phi) is 22.0. The molecule has 0 aliphatic carbocycles. The molecule has 19 nitrogen and oxygen atoms in total. The summed E-state index contributed by atoms with van der Waals surface area (Å²) in [5, 5.41) is 14.4. The predicted molar refractivity (Wildman–Crippen MR) is 465 cm³/mol. The summed E-state index contributed by atoms with van der Waals surface area (Å²) >= 11 is 6.35. The molecule has 0 saturated carbocycles. The molecule has 602 valence electrons. The first-order chi connectivity index (χ1) is 56.9. The average molecular weight is 1580 g/mol.